The molecule has 0 bridgehead atoms. The molecule has 0 fully saturated rings. The van der Waals surface area contributed by atoms with Gasteiger partial charge in [-0.2, -0.15) is 0 Å². The number of rotatable bonds is 5. The predicted octanol–water partition coefficient (Wildman–Crippen LogP) is 2.15. The summed E-state index contributed by atoms with van der Waals surface area (Å²) in [5.41, 5.74) is 1.44. The molecule has 0 saturated heterocycles. The summed E-state index contributed by atoms with van der Waals surface area (Å²) < 4.78 is 6.75. The highest BCUT2D eigenvalue weighted by atomic mass is 16.4. The van der Waals surface area contributed by atoms with Crippen LogP contribution in [0.3, 0.4) is 0 Å². The number of aliphatic hydroxyl groups is 1. The third-order valence-electron chi connectivity index (χ3n) is 2.96. The van der Waals surface area contributed by atoms with Crippen LogP contribution >= 0.6 is 0 Å². The molecule has 0 radical (unpaired) electrons. The van der Waals surface area contributed by atoms with E-state index in [-0.39, 0.29) is 11.9 Å². The van der Waals surface area contributed by atoms with E-state index < -0.39 is 0 Å². The van der Waals surface area contributed by atoms with Crippen LogP contribution in [-0.4, -0.2) is 15.8 Å². The fourth-order valence-electron chi connectivity index (χ4n) is 1.91. The van der Waals surface area contributed by atoms with E-state index in [9.17, 15) is 9.90 Å². The van der Waals surface area contributed by atoms with Crippen LogP contribution in [-0.2, 0) is 6.54 Å². The van der Waals surface area contributed by atoms with Gasteiger partial charge in [0, 0.05) is 6.54 Å². The number of oxazole rings is 1. The number of aromatic nitrogens is 1. The molecule has 0 saturated carbocycles. The number of aliphatic hydroxyl groups excluding tert-OH is 1. The van der Waals surface area contributed by atoms with E-state index in [1.165, 1.54) is 0 Å². The highest BCUT2D eigenvalue weighted by Gasteiger charge is 2.08. The van der Waals surface area contributed by atoms with Gasteiger partial charge in [0.05, 0.1) is 11.6 Å². The Kier molecular flexibility index (Phi) is 3.64. The molecular formula is C13H17NO3. The Morgan fingerprint density at radius 3 is 2.94 bits per heavy atom. The van der Waals surface area contributed by atoms with E-state index in [0.717, 1.165) is 18.4 Å². The van der Waals surface area contributed by atoms with Gasteiger partial charge in [0.1, 0.15) is 0 Å². The summed E-state index contributed by atoms with van der Waals surface area (Å²) in [6.07, 6.45) is 1.96. The van der Waals surface area contributed by atoms with Crippen LogP contribution in [0.5, 0.6) is 0 Å². The SMILES string of the molecule is CCC(O)CCCn1c(=O)oc2ccccc21. The van der Waals surface area contributed by atoms with E-state index in [1.54, 1.807) is 10.6 Å². The van der Waals surface area contributed by atoms with Crippen molar-refractivity contribution in [1.82, 2.24) is 4.57 Å². The molecule has 1 N–H and O–H groups in total. The Morgan fingerprint density at radius 1 is 1.41 bits per heavy atom. The first-order chi connectivity index (χ1) is 8.22. The summed E-state index contributed by atoms with van der Waals surface area (Å²) in [7, 11) is 0. The van der Waals surface area contributed by atoms with Crippen LogP contribution in [0.25, 0.3) is 11.1 Å². The summed E-state index contributed by atoms with van der Waals surface area (Å²) in [5.74, 6) is -0.322. The lowest BCUT2D eigenvalue weighted by molar-refractivity contribution is 0.155. The molecule has 92 valence electrons. The third kappa shape index (κ3) is 2.58. The average Bonchev–Trinajstić information content (AvgIpc) is 2.66. The van der Waals surface area contributed by atoms with E-state index in [2.05, 4.69) is 0 Å². The lowest BCUT2D eigenvalue weighted by atomic mass is 10.1. The molecule has 4 nitrogen and oxygen atoms in total. The lowest BCUT2D eigenvalue weighted by Gasteiger charge is -2.07. The van der Waals surface area contributed by atoms with Gasteiger partial charge in [-0.25, -0.2) is 4.79 Å². The van der Waals surface area contributed by atoms with E-state index >= 15 is 0 Å². The van der Waals surface area contributed by atoms with E-state index in [1.807, 2.05) is 25.1 Å². The van der Waals surface area contributed by atoms with Crippen molar-refractivity contribution in [2.24, 2.45) is 0 Å². The second-order valence-corrected chi connectivity index (χ2v) is 4.19. The van der Waals surface area contributed by atoms with Gasteiger partial charge in [0.25, 0.3) is 0 Å². The number of hydrogen-bond acceptors (Lipinski definition) is 3. The topological polar surface area (TPSA) is 55.4 Å². The van der Waals surface area contributed by atoms with Crippen molar-refractivity contribution >= 4 is 11.1 Å². The maximum Gasteiger partial charge on any atom is 0.419 e. The molecule has 1 atom stereocenters. The molecule has 0 aliphatic carbocycles. The summed E-state index contributed by atoms with van der Waals surface area (Å²) in [6.45, 7) is 2.54. The Hall–Kier alpha value is -1.55. The van der Waals surface area contributed by atoms with Gasteiger partial charge in [-0.15, -0.1) is 0 Å². The van der Waals surface area contributed by atoms with Crippen molar-refractivity contribution in [3.8, 4) is 0 Å². The second kappa shape index (κ2) is 5.19. The number of para-hydroxylation sites is 2. The average molecular weight is 235 g/mol. The smallest absolute Gasteiger partial charge is 0.408 e. The summed E-state index contributed by atoms with van der Waals surface area (Å²) in [4.78, 5) is 11.6. The Labute approximate surface area is 99.5 Å². The van der Waals surface area contributed by atoms with Gasteiger partial charge in [0.2, 0.25) is 0 Å². The zero-order valence-corrected chi connectivity index (χ0v) is 9.93. The highest BCUT2D eigenvalue weighted by molar-refractivity contribution is 5.72. The molecule has 0 aliphatic heterocycles. The molecule has 1 aromatic carbocycles. The largest absolute Gasteiger partial charge is 0.419 e. The van der Waals surface area contributed by atoms with Crippen LogP contribution in [0, 0.1) is 0 Å². The molecule has 4 heteroatoms. The van der Waals surface area contributed by atoms with Crippen molar-refractivity contribution in [1.29, 1.82) is 0 Å². The predicted molar refractivity (Wildman–Crippen MR) is 66.0 cm³/mol. The van der Waals surface area contributed by atoms with E-state index in [4.69, 9.17) is 4.42 Å². The summed E-state index contributed by atoms with van der Waals surface area (Å²) >= 11 is 0. The first-order valence-electron chi connectivity index (χ1n) is 5.98. The molecule has 2 rings (SSSR count). The molecule has 1 aromatic heterocycles. The highest BCUT2D eigenvalue weighted by Crippen LogP contribution is 2.13. The molecular weight excluding hydrogens is 218 g/mol. The first-order valence-corrected chi connectivity index (χ1v) is 5.98. The van der Waals surface area contributed by atoms with Gasteiger partial charge in [-0.3, -0.25) is 4.57 Å². The van der Waals surface area contributed by atoms with Gasteiger partial charge >= 0.3 is 5.76 Å². The van der Waals surface area contributed by atoms with Gasteiger partial charge in [0.15, 0.2) is 5.58 Å². The molecule has 0 spiro atoms. The minimum absolute atomic E-state index is 0.274. The zero-order valence-electron chi connectivity index (χ0n) is 9.93. The molecule has 0 amide bonds. The van der Waals surface area contributed by atoms with Crippen molar-refractivity contribution in [3.63, 3.8) is 0 Å². The standard InChI is InChI=1S/C13H17NO3/c1-2-10(15)6-5-9-14-11-7-3-4-8-12(11)17-13(14)16/h3-4,7-8,10,15H,2,5-6,9H2,1H3. The van der Waals surface area contributed by atoms with Crippen molar-refractivity contribution in [3.05, 3.63) is 34.8 Å². The summed E-state index contributed by atoms with van der Waals surface area (Å²) in [5, 5.41) is 9.46. The van der Waals surface area contributed by atoms with Crippen LogP contribution < -0.4 is 5.76 Å². The number of hydrogen-bond donors (Lipinski definition) is 1. The minimum atomic E-state index is -0.322. The molecule has 0 aliphatic rings. The van der Waals surface area contributed by atoms with Crippen LogP contribution in [0.2, 0.25) is 0 Å². The van der Waals surface area contributed by atoms with Crippen LogP contribution in [0.15, 0.2) is 33.5 Å². The molecule has 1 unspecified atom stereocenters. The van der Waals surface area contributed by atoms with Crippen molar-refractivity contribution in [2.45, 2.75) is 38.8 Å². The minimum Gasteiger partial charge on any atom is -0.408 e. The lowest BCUT2D eigenvalue weighted by Crippen LogP contribution is -2.15. The van der Waals surface area contributed by atoms with Gasteiger partial charge < -0.3 is 9.52 Å². The Bertz CT molecular complexity index is 541. The number of nitrogens with zero attached hydrogens (tertiary/aromatic N) is 1. The molecule has 1 heterocycles. The van der Waals surface area contributed by atoms with Gasteiger partial charge in [-0.1, -0.05) is 19.1 Å². The first kappa shape index (κ1) is 11.9. The summed E-state index contributed by atoms with van der Waals surface area (Å²) in [6, 6.07) is 7.38. The van der Waals surface area contributed by atoms with Crippen LogP contribution in [0.4, 0.5) is 0 Å². The number of aryl methyl sites for hydroxylation is 1. The fourth-order valence-corrected chi connectivity index (χ4v) is 1.91. The van der Waals surface area contributed by atoms with Gasteiger partial charge in [-0.05, 0) is 31.4 Å². The fraction of sp³-hybridized carbons (Fsp3) is 0.462. The van der Waals surface area contributed by atoms with Crippen molar-refractivity contribution < 1.29 is 9.52 Å². The maximum atomic E-state index is 11.6. The second-order valence-electron chi connectivity index (χ2n) is 4.19. The van der Waals surface area contributed by atoms with Crippen molar-refractivity contribution in [2.75, 3.05) is 0 Å². The zero-order chi connectivity index (χ0) is 12.3. The Morgan fingerprint density at radius 2 is 2.18 bits per heavy atom. The quantitative estimate of drug-likeness (QED) is 0.863. The third-order valence-corrected chi connectivity index (χ3v) is 2.96. The van der Waals surface area contributed by atoms with E-state index in [0.29, 0.717) is 18.5 Å². The Balaban J connectivity index is 2.13. The number of benzene rings is 1. The monoisotopic (exact) mass is 235 g/mol. The molecule has 2 aromatic rings. The maximum absolute atomic E-state index is 11.6. The number of fused-ring (bicyclic) bond motifs is 1. The normalized spacial score (nSPS) is 13.1. The molecule has 17 heavy (non-hydrogen) atoms. The van der Waals surface area contributed by atoms with Crippen LogP contribution in [0.1, 0.15) is 26.2 Å².